The molecule has 5 aromatic rings. The van der Waals surface area contributed by atoms with Crippen molar-refractivity contribution in [1.29, 1.82) is 0 Å². The molecule has 0 N–H and O–H groups in total. The number of hydrogen-bond acceptors (Lipinski definition) is 6. The van der Waals surface area contributed by atoms with Crippen molar-refractivity contribution >= 4 is 5.97 Å². The molecule has 5 aromatic carbocycles. The minimum Gasteiger partial charge on any atom is -0.497 e. The molecule has 1 unspecified atom stereocenters. The van der Waals surface area contributed by atoms with Crippen LogP contribution in [-0.2, 0) is 31.2 Å². The first-order valence-corrected chi connectivity index (χ1v) is 20.7. The smallest absolute Gasteiger partial charge is 0.334 e. The first kappa shape index (κ1) is 41.5. The first-order chi connectivity index (χ1) is 28.1. The molecule has 0 aliphatic carbocycles. The lowest BCUT2D eigenvalue weighted by Gasteiger charge is -2.36. The molecule has 1 saturated heterocycles. The fourth-order valence-corrected chi connectivity index (χ4v) is 7.65. The third kappa shape index (κ3) is 11.9. The molecule has 0 saturated carbocycles. The Hall–Kier alpha value is -5.17. The van der Waals surface area contributed by atoms with Crippen molar-refractivity contribution < 1.29 is 28.5 Å². The van der Waals surface area contributed by atoms with E-state index in [0.29, 0.717) is 31.0 Å². The molecule has 0 bridgehead atoms. The Morgan fingerprint density at radius 3 is 1.63 bits per heavy atom. The third-order valence-corrected chi connectivity index (χ3v) is 10.7. The molecule has 0 spiro atoms. The molecule has 6 heteroatoms. The van der Waals surface area contributed by atoms with E-state index in [1.165, 1.54) is 32.1 Å². The zero-order valence-electron chi connectivity index (χ0n) is 33.5. The van der Waals surface area contributed by atoms with Crippen LogP contribution in [0.15, 0.2) is 157 Å². The third-order valence-electron chi connectivity index (χ3n) is 10.7. The Balaban J connectivity index is 0.898. The van der Waals surface area contributed by atoms with Gasteiger partial charge in [-0.05, 0) is 65.8 Å². The van der Waals surface area contributed by atoms with Crippen LogP contribution in [0.25, 0.3) is 0 Å². The minimum absolute atomic E-state index is 0.208. The SMILES string of the molecule is COc1ccc(OCC2(COCc3ccccc3)C/C(=C/CCCCCCCCCCCOC(c3ccccc3)(c3ccccc3)c3ccccc3)C(=O)O2)cc1. The van der Waals surface area contributed by atoms with Crippen molar-refractivity contribution in [2.24, 2.45) is 0 Å². The molecular formula is C51H58O6. The van der Waals surface area contributed by atoms with E-state index >= 15 is 0 Å². The first-order valence-electron chi connectivity index (χ1n) is 20.7. The highest BCUT2D eigenvalue weighted by Gasteiger charge is 2.45. The van der Waals surface area contributed by atoms with E-state index in [-0.39, 0.29) is 19.2 Å². The van der Waals surface area contributed by atoms with Crippen molar-refractivity contribution in [2.75, 3.05) is 26.9 Å². The van der Waals surface area contributed by atoms with Gasteiger partial charge in [-0.25, -0.2) is 4.79 Å². The van der Waals surface area contributed by atoms with E-state index in [9.17, 15) is 4.79 Å². The summed E-state index contributed by atoms with van der Waals surface area (Å²) in [4.78, 5) is 13.1. The van der Waals surface area contributed by atoms with Gasteiger partial charge in [-0.3, -0.25) is 0 Å². The number of benzene rings is 5. The van der Waals surface area contributed by atoms with Crippen LogP contribution in [0.3, 0.4) is 0 Å². The molecule has 1 atom stereocenters. The second kappa shape index (κ2) is 21.9. The number of allylic oxidation sites excluding steroid dienone is 1. The zero-order valence-corrected chi connectivity index (χ0v) is 33.5. The molecule has 57 heavy (non-hydrogen) atoms. The minimum atomic E-state index is -0.876. The van der Waals surface area contributed by atoms with Crippen LogP contribution in [-0.4, -0.2) is 38.5 Å². The zero-order chi connectivity index (χ0) is 39.4. The molecular weight excluding hydrogens is 709 g/mol. The summed E-state index contributed by atoms with van der Waals surface area (Å²) >= 11 is 0. The fourth-order valence-electron chi connectivity index (χ4n) is 7.65. The predicted octanol–water partition coefficient (Wildman–Crippen LogP) is 11.8. The summed E-state index contributed by atoms with van der Waals surface area (Å²) < 4.78 is 30.5. The van der Waals surface area contributed by atoms with E-state index < -0.39 is 11.2 Å². The summed E-state index contributed by atoms with van der Waals surface area (Å²) in [5.41, 5.74) is 3.71. The van der Waals surface area contributed by atoms with E-state index in [1.807, 2.05) is 54.6 Å². The van der Waals surface area contributed by atoms with Crippen molar-refractivity contribution in [3.63, 3.8) is 0 Å². The molecule has 1 aliphatic heterocycles. The normalized spacial score (nSPS) is 16.1. The number of carbonyl (C=O) groups excluding carboxylic acids is 1. The number of ether oxygens (including phenoxy) is 5. The number of hydrogen-bond donors (Lipinski definition) is 0. The van der Waals surface area contributed by atoms with Gasteiger partial charge in [0.05, 0.1) is 20.3 Å². The average molecular weight is 767 g/mol. The number of esters is 1. The van der Waals surface area contributed by atoms with Gasteiger partial charge in [0.2, 0.25) is 0 Å². The Morgan fingerprint density at radius 1 is 0.596 bits per heavy atom. The van der Waals surface area contributed by atoms with Gasteiger partial charge in [0.15, 0.2) is 5.60 Å². The van der Waals surface area contributed by atoms with Gasteiger partial charge in [-0.15, -0.1) is 0 Å². The highest BCUT2D eigenvalue weighted by atomic mass is 16.6. The van der Waals surface area contributed by atoms with Crippen molar-refractivity contribution in [3.05, 3.63) is 179 Å². The van der Waals surface area contributed by atoms with E-state index in [2.05, 4.69) is 97.1 Å². The summed E-state index contributed by atoms with van der Waals surface area (Å²) in [5, 5.41) is 0. The molecule has 0 amide bonds. The lowest BCUT2D eigenvalue weighted by Crippen LogP contribution is -2.40. The van der Waals surface area contributed by atoms with Crippen molar-refractivity contribution in [3.8, 4) is 11.5 Å². The van der Waals surface area contributed by atoms with Crippen LogP contribution >= 0.6 is 0 Å². The van der Waals surface area contributed by atoms with E-state index in [1.54, 1.807) is 7.11 Å². The number of carbonyl (C=O) groups is 1. The van der Waals surface area contributed by atoms with Gasteiger partial charge in [-0.2, -0.15) is 0 Å². The van der Waals surface area contributed by atoms with E-state index in [0.717, 1.165) is 60.1 Å². The fraction of sp³-hybridized carbons (Fsp3) is 0.353. The summed E-state index contributed by atoms with van der Waals surface area (Å²) in [6.07, 6.45) is 13.9. The van der Waals surface area contributed by atoms with Crippen LogP contribution in [0.4, 0.5) is 0 Å². The molecule has 6 rings (SSSR count). The lowest BCUT2D eigenvalue weighted by atomic mass is 9.80. The maximum Gasteiger partial charge on any atom is 0.334 e. The maximum absolute atomic E-state index is 13.1. The molecule has 6 nitrogen and oxygen atoms in total. The standard InChI is InChI=1S/C51H58O6/c1-53-47-33-35-48(36-34-47)55-41-50(40-54-39-42-24-14-10-15-25-42)38-43(49(52)57-50)26-16-8-6-4-2-3-5-7-9-23-37-56-51(44-27-17-11-18-28-44,45-29-19-12-20-30-45)46-31-21-13-22-32-46/h10-15,17-22,24-36H,2-9,16,23,37-41H2,1H3/b43-26-. The van der Waals surface area contributed by atoms with Crippen LogP contribution < -0.4 is 9.47 Å². The van der Waals surface area contributed by atoms with Crippen molar-refractivity contribution in [1.82, 2.24) is 0 Å². The Bertz CT molecular complexity index is 1810. The Kier molecular flexibility index (Phi) is 16.0. The second-order valence-corrected chi connectivity index (χ2v) is 15.0. The molecule has 1 heterocycles. The van der Waals surface area contributed by atoms with Gasteiger partial charge in [0.25, 0.3) is 0 Å². The maximum atomic E-state index is 13.1. The molecule has 298 valence electrons. The summed E-state index contributed by atoms with van der Waals surface area (Å²) in [6.45, 7) is 1.60. The van der Waals surface area contributed by atoms with Gasteiger partial charge in [0, 0.05) is 18.6 Å². The number of unbranched alkanes of at least 4 members (excludes halogenated alkanes) is 9. The van der Waals surface area contributed by atoms with Crippen LogP contribution in [0.2, 0.25) is 0 Å². The summed E-state index contributed by atoms with van der Waals surface area (Å²) in [7, 11) is 1.64. The number of cyclic esters (lactones) is 1. The topological polar surface area (TPSA) is 63.2 Å². The predicted molar refractivity (Wildman–Crippen MR) is 227 cm³/mol. The summed E-state index contributed by atoms with van der Waals surface area (Å²) in [6, 6.07) is 49.3. The van der Waals surface area contributed by atoms with Gasteiger partial charge >= 0.3 is 5.97 Å². The molecule has 1 aliphatic rings. The number of rotatable bonds is 24. The van der Waals surface area contributed by atoms with E-state index in [4.69, 9.17) is 23.7 Å². The number of methoxy groups -OCH3 is 1. The monoisotopic (exact) mass is 766 g/mol. The lowest BCUT2D eigenvalue weighted by molar-refractivity contribution is -0.156. The van der Waals surface area contributed by atoms with Crippen LogP contribution in [0.1, 0.15) is 92.9 Å². The molecule has 0 aromatic heterocycles. The summed E-state index contributed by atoms with van der Waals surface area (Å²) in [5.74, 6) is 1.17. The quantitative estimate of drug-likeness (QED) is 0.0270. The average Bonchev–Trinajstić information content (AvgIpc) is 3.59. The van der Waals surface area contributed by atoms with Gasteiger partial charge < -0.3 is 23.7 Å². The highest BCUT2D eigenvalue weighted by molar-refractivity contribution is 5.91. The molecule has 0 radical (unpaired) electrons. The Morgan fingerprint density at radius 2 is 1.09 bits per heavy atom. The van der Waals surface area contributed by atoms with Crippen molar-refractivity contribution in [2.45, 2.75) is 88.4 Å². The Labute approximate surface area is 339 Å². The van der Waals surface area contributed by atoms with Crippen LogP contribution in [0.5, 0.6) is 11.5 Å². The van der Waals surface area contributed by atoms with Gasteiger partial charge in [0.1, 0.15) is 23.7 Å². The molecule has 1 fully saturated rings. The highest BCUT2D eigenvalue weighted by Crippen LogP contribution is 2.40. The largest absolute Gasteiger partial charge is 0.497 e. The van der Waals surface area contributed by atoms with Gasteiger partial charge in [-0.1, -0.05) is 172 Å². The van der Waals surface area contributed by atoms with Crippen LogP contribution in [0, 0.1) is 0 Å². The second-order valence-electron chi connectivity index (χ2n) is 15.0.